The van der Waals surface area contributed by atoms with Crippen molar-refractivity contribution in [2.45, 2.75) is 37.8 Å². The Bertz CT molecular complexity index is 314. The molecular weight excluding hydrogens is 242 g/mol. The first-order chi connectivity index (χ1) is 9.33. The summed E-state index contributed by atoms with van der Waals surface area (Å²) in [5, 5.41) is 6.52. The van der Waals surface area contributed by atoms with E-state index in [1.54, 1.807) is 0 Å². The summed E-state index contributed by atoms with van der Waals surface area (Å²) in [6.07, 6.45) is 4.75. The average Bonchev–Trinajstić information content (AvgIpc) is 3.24. The van der Waals surface area contributed by atoms with Crippen LogP contribution < -0.4 is 10.6 Å². The van der Waals surface area contributed by atoms with Crippen LogP contribution in [0.3, 0.4) is 0 Å². The Kier molecular flexibility index (Phi) is 4.35. The molecule has 3 rings (SSSR count). The molecule has 1 atom stereocenters. The van der Waals surface area contributed by atoms with Crippen molar-refractivity contribution in [1.29, 1.82) is 0 Å². The van der Waals surface area contributed by atoms with E-state index in [9.17, 15) is 4.79 Å². The van der Waals surface area contributed by atoms with E-state index in [1.807, 2.05) is 0 Å². The third-order valence-electron chi connectivity index (χ3n) is 4.42. The van der Waals surface area contributed by atoms with Gasteiger partial charge in [-0.2, -0.15) is 0 Å². The second-order valence-electron chi connectivity index (χ2n) is 6.06. The highest BCUT2D eigenvalue weighted by Crippen LogP contribution is 2.21. The third-order valence-corrected chi connectivity index (χ3v) is 4.42. The first kappa shape index (κ1) is 13.3. The summed E-state index contributed by atoms with van der Waals surface area (Å²) in [6, 6.07) is 0.374. The van der Waals surface area contributed by atoms with Crippen LogP contribution in [0.5, 0.6) is 0 Å². The van der Waals surface area contributed by atoms with Gasteiger partial charge in [-0.15, -0.1) is 0 Å². The van der Waals surface area contributed by atoms with Gasteiger partial charge in [0.25, 0.3) is 0 Å². The number of rotatable bonds is 4. The molecule has 1 amide bonds. The molecule has 5 heteroatoms. The lowest BCUT2D eigenvalue weighted by molar-refractivity contribution is -0.133. The fourth-order valence-corrected chi connectivity index (χ4v) is 3.02. The zero-order valence-electron chi connectivity index (χ0n) is 11.6. The second-order valence-corrected chi connectivity index (χ2v) is 6.06. The largest absolute Gasteiger partial charge is 0.378 e. The van der Waals surface area contributed by atoms with Crippen molar-refractivity contribution in [2.75, 3.05) is 39.4 Å². The van der Waals surface area contributed by atoms with Gasteiger partial charge in [0.15, 0.2) is 0 Å². The van der Waals surface area contributed by atoms with Gasteiger partial charge in [-0.1, -0.05) is 0 Å². The molecule has 0 spiro atoms. The number of hydrogen-bond donors (Lipinski definition) is 2. The maximum atomic E-state index is 12.3. The number of morpholine rings is 1. The van der Waals surface area contributed by atoms with Gasteiger partial charge in [-0.25, -0.2) is 0 Å². The minimum absolute atomic E-state index is 0.0655. The Morgan fingerprint density at radius 3 is 2.79 bits per heavy atom. The van der Waals surface area contributed by atoms with Crippen LogP contribution in [-0.2, 0) is 9.53 Å². The Hall–Kier alpha value is -0.650. The Balaban J connectivity index is 1.54. The smallest absolute Gasteiger partial charge is 0.239 e. The number of piperidine rings is 1. The molecule has 3 fully saturated rings. The molecular formula is C14H25N3O2. The maximum absolute atomic E-state index is 12.3. The third kappa shape index (κ3) is 3.68. The molecule has 0 aromatic rings. The summed E-state index contributed by atoms with van der Waals surface area (Å²) in [5.41, 5.74) is 0. The van der Waals surface area contributed by atoms with Crippen molar-refractivity contribution in [3.05, 3.63) is 0 Å². The topological polar surface area (TPSA) is 53.6 Å². The Morgan fingerprint density at radius 2 is 2.05 bits per heavy atom. The van der Waals surface area contributed by atoms with Crippen LogP contribution in [0.25, 0.3) is 0 Å². The molecule has 3 aliphatic rings. The minimum atomic E-state index is -0.0655. The SMILES string of the molecule is O=C(NC1CC1)C1COCCN1CC1CCNCC1. The predicted octanol–water partition coefficient (Wildman–Crippen LogP) is -0.0346. The Morgan fingerprint density at radius 1 is 1.26 bits per heavy atom. The van der Waals surface area contributed by atoms with E-state index in [0.29, 0.717) is 12.6 Å². The van der Waals surface area contributed by atoms with Crippen molar-refractivity contribution in [3.63, 3.8) is 0 Å². The molecule has 2 saturated heterocycles. The molecule has 1 unspecified atom stereocenters. The van der Waals surface area contributed by atoms with Crippen LogP contribution in [-0.4, -0.2) is 62.3 Å². The second kappa shape index (κ2) is 6.20. The summed E-state index contributed by atoms with van der Waals surface area (Å²) >= 11 is 0. The zero-order valence-corrected chi connectivity index (χ0v) is 11.6. The summed E-state index contributed by atoms with van der Waals surface area (Å²) in [5.74, 6) is 0.909. The van der Waals surface area contributed by atoms with Crippen LogP contribution >= 0.6 is 0 Å². The molecule has 2 aliphatic heterocycles. The fraction of sp³-hybridized carbons (Fsp3) is 0.929. The van der Waals surface area contributed by atoms with Crippen molar-refractivity contribution in [1.82, 2.24) is 15.5 Å². The van der Waals surface area contributed by atoms with Crippen molar-refractivity contribution in [3.8, 4) is 0 Å². The standard InChI is InChI=1S/C14H25N3O2/c18-14(16-12-1-2-12)13-10-19-8-7-17(13)9-11-3-5-15-6-4-11/h11-13,15H,1-10H2,(H,16,18). The Labute approximate surface area is 115 Å². The molecule has 1 aliphatic carbocycles. The van der Waals surface area contributed by atoms with Crippen LogP contribution in [0.1, 0.15) is 25.7 Å². The first-order valence-electron chi connectivity index (χ1n) is 7.66. The number of ether oxygens (including phenoxy) is 1. The van der Waals surface area contributed by atoms with Gasteiger partial charge in [0.2, 0.25) is 5.91 Å². The number of nitrogens with zero attached hydrogens (tertiary/aromatic N) is 1. The number of carbonyl (C=O) groups excluding carboxylic acids is 1. The average molecular weight is 267 g/mol. The van der Waals surface area contributed by atoms with Crippen LogP contribution in [0.15, 0.2) is 0 Å². The van der Waals surface area contributed by atoms with Gasteiger partial charge in [-0.05, 0) is 44.7 Å². The van der Waals surface area contributed by atoms with E-state index < -0.39 is 0 Å². The van der Waals surface area contributed by atoms with Gasteiger partial charge < -0.3 is 15.4 Å². The molecule has 0 aromatic heterocycles. The van der Waals surface area contributed by atoms with Crippen LogP contribution in [0, 0.1) is 5.92 Å². The highest BCUT2D eigenvalue weighted by Gasteiger charge is 2.34. The fourth-order valence-electron chi connectivity index (χ4n) is 3.02. The summed E-state index contributed by atoms with van der Waals surface area (Å²) in [4.78, 5) is 14.6. The van der Waals surface area contributed by atoms with Gasteiger partial charge in [0, 0.05) is 19.1 Å². The van der Waals surface area contributed by atoms with Crippen LogP contribution in [0.2, 0.25) is 0 Å². The van der Waals surface area contributed by atoms with Gasteiger partial charge >= 0.3 is 0 Å². The highest BCUT2D eigenvalue weighted by atomic mass is 16.5. The molecule has 0 bridgehead atoms. The lowest BCUT2D eigenvalue weighted by Crippen LogP contribution is -2.55. The molecule has 108 valence electrons. The quantitative estimate of drug-likeness (QED) is 0.751. The number of amides is 1. The van der Waals surface area contributed by atoms with Gasteiger partial charge in [0.05, 0.1) is 13.2 Å². The van der Waals surface area contributed by atoms with Crippen LogP contribution in [0.4, 0.5) is 0 Å². The number of nitrogens with one attached hydrogen (secondary N) is 2. The van der Waals surface area contributed by atoms with E-state index in [1.165, 1.54) is 12.8 Å². The van der Waals surface area contributed by atoms with E-state index in [2.05, 4.69) is 15.5 Å². The molecule has 0 aromatic carbocycles. The maximum Gasteiger partial charge on any atom is 0.239 e. The summed E-state index contributed by atoms with van der Waals surface area (Å²) in [7, 11) is 0. The number of carbonyl (C=O) groups is 1. The number of hydrogen-bond acceptors (Lipinski definition) is 4. The zero-order chi connectivity index (χ0) is 13.1. The summed E-state index contributed by atoms with van der Waals surface area (Å²) in [6.45, 7) is 5.50. The lowest BCUT2D eigenvalue weighted by Gasteiger charge is -2.37. The van der Waals surface area contributed by atoms with Gasteiger partial charge in [-0.3, -0.25) is 9.69 Å². The normalized spacial score (nSPS) is 30.2. The molecule has 19 heavy (non-hydrogen) atoms. The molecule has 5 nitrogen and oxygen atoms in total. The lowest BCUT2D eigenvalue weighted by atomic mass is 9.96. The van der Waals surface area contributed by atoms with Crippen molar-refractivity contribution >= 4 is 5.91 Å². The van der Waals surface area contributed by atoms with Gasteiger partial charge in [0.1, 0.15) is 6.04 Å². The van der Waals surface area contributed by atoms with Crippen molar-refractivity contribution < 1.29 is 9.53 Å². The minimum Gasteiger partial charge on any atom is -0.378 e. The summed E-state index contributed by atoms with van der Waals surface area (Å²) < 4.78 is 5.51. The molecule has 2 heterocycles. The highest BCUT2D eigenvalue weighted by molar-refractivity contribution is 5.82. The monoisotopic (exact) mass is 267 g/mol. The predicted molar refractivity (Wildman–Crippen MR) is 72.9 cm³/mol. The van der Waals surface area contributed by atoms with Crippen molar-refractivity contribution in [2.24, 2.45) is 5.92 Å². The van der Waals surface area contributed by atoms with E-state index in [-0.39, 0.29) is 11.9 Å². The molecule has 0 radical (unpaired) electrons. The van der Waals surface area contributed by atoms with E-state index in [0.717, 1.165) is 51.5 Å². The first-order valence-corrected chi connectivity index (χ1v) is 7.66. The molecule has 2 N–H and O–H groups in total. The van der Waals surface area contributed by atoms with E-state index >= 15 is 0 Å². The molecule has 1 saturated carbocycles. The van der Waals surface area contributed by atoms with E-state index in [4.69, 9.17) is 4.74 Å².